The summed E-state index contributed by atoms with van der Waals surface area (Å²) in [7, 11) is 0. The van der Waals surface area contributed by atoms with Gasteiger partial charge in [-0.3, -0.25) is 9.80 Å². The molecule has 2 rings (SSSR count). The Hall–Kier alpha value is -2.30. The van der Waals surface area contributed by atoms with E-state index in [0.29, 0.717) is 48.8 Å². The number of nitrogens with zero attached hydrogens (tertiary/aromatic N) is 2. The number of aromatic hydroxyl groups is 2. The first-order valence-corrected chi connectivity index (χ1v) is 12.7. The van der Waals surface area contributed by atoms with Crippen LogP contribution in [0.2, 0.25) is 0 Å². The summed E-state index contributed by atoms with van der Waals surface area (Å²) in [5.74, 6) is 0.685. The number of allylic oxidation sites excluding steroid dienone is 2. The lowest BCUT2D eigenvalue weighted by molar-refractivity contribution is 0.164. The highest BCUT2D eigenvalue weighted by atomic mass is 16.3. The average Bonchev–Trinajstić information content (AvgIpc) is 2.75. The van der Waals surface area contributed by atoms with Gasteiger partial charge in [0, 0.05) is 48.4 Å². The lowest BCUT2D eigenvalue weighted by Gasteiger charge is -2.31. The highest BCUT2D eigenvalue weighted by molar-refractivity contribution is 5.89. The Balaban J connectivity index is 2.43. The molecule has 2 aromatic rings. The number of rotatable bonds is 10. The molecule has 0 aliphatic carbocycles. The second-order valence-corrected chi connectivity index (χ2v) is 10.7. The minimum absolute atomic E-state index is 0.342. The largest absolute Gasteiger partial charge is 0.508 e. The van der Waals surface area contributed by atoms with Crippen molar-refractivity contribution in [3.63, 3.8) is 0 Å². The Morgan fingerprint density at radius 1 is 0.588 bits per heavy atom. The van der Waals surface area contributed by atoms with Gasteiger partial charge in [-0.15, -0.1) is 0 Å². The molecule has 0 radical (unpaired) electrons. The van der Waals surface area contributed by atoms with Crippen LogP contribution in [0.4, 0.5) is 0 Å². The Bertz CT molecular complexity index is 894. The molecule has 0 saturated heterocycles. The highest BCUT2D eigenvalue weighted by Gasteiger charge is 2.18. The van der Waals surface area contributed by atoms with Gasteiger partial charge in [0.1, 0.15) is 11.5 Å². The predicted molar refractivity (Wildman–Crippen MR) is 146 cm³/mol. The van der Waals surface area contributed by atoms with E-state index in [1.807, 2.05) is 24.3 Å². The fraction of sp³-hybridized carbons (Fsp3) is 0.533. The van der Waals surface area contributed by atoms with Crippen molar-refractivity contribution in [3.05, 3.63) is 58.7 Å². The molecule has 0 bridgehead atoms. The zero-order chi connectivity index (χ0) is 25.7. The van der Waals surface area contributed by atoms with Crippen molar-refractivity contribution >= 4 is 11.1 Å². The van der Waals surface area contributed by atoms with Crippen LogP contribution in [0.3, 0.4) is 0 Å². The van der Waals surface area contributed by atoms with Crippen molar-refractivity contribution in [2.45, 2.75) is 106 Å². The van der Waals surface area contributed by atoms with E-state index >= 15 is 0 Å². The van der Waals surface area contributed by atoms with Crippen LogP contribution in [0, 0.1) is 0 Å². The molecular formula is C30H46N2O2. The number of phenols is 2. The molecule has 2 aromatic carbocycles. The van der Waals surface area contributed by atoms with E-state index in [4.69, 9.17) is 0 Å². The summed E-state index contributed by atoms with van der Waals surface area (Å²) >= 11 is 0. The maximum Gasteiger partial charge on any atom is 0.120 e. The van der Waals surface area contributed by atoms with Crippen LogP contribution in [-0.2, 0) is 13.1 Å². The van der Waals surface area contributed by atoms with E-state index < -0.39 is 0 Å². The maximum atomic E-state index is 10.6. The molecule has 0 heterocycles. The maximum absolute atomic E-state index is 10.6. The van der Waals surface area contributed by atoms with Gasteiger partial charge in [-0.2, -0.15) is 0 Å². The molecule has 0 atom stereocenters. The molecule has 4 nitrogen and oxygen atoms in total. The first-order chi connectivity index (χ1) is 15.8. The molecule has 0 amide bonds. The molecule has 2 N–H and O–H groups in total. The minimum atomic E-state index is 0.342. The number of phenolic OH excluding ortho intramolecular Hbond substituents is 2. The van der Waals surface area contributed by atoms with Crippen LogP contribution in [0.5, 0.6) is 11.5 Å². The van der Waals surface area contributed by atoms with Gasteiger partial charge in [0.05, 0.1) is 0 Å². The summed E-state index contributed by atoms with van der Waals surface area (Å²) in [6, 6.07) is 13.4. The van der Waals surface area contributed by atoms with Crippen molar-refractivity contribution in [2.75, 3.05) is 0 Å². The molecule has 188 valence electrons. The van der Waals surface area contributed by atoms with Gasteiger partial charge < -0.3 is 10.2 Å². The van der Waals surface area contributed by atoms with E-state index in [1.54, 1.807) is 0 Å². The molecule has 0 spiro atoms. The summed E-state index contributed by atoms with van der Waals surface area (Å²) < 4.78 is 0. The third-order valence-electron chi connectivity index (χ3n) is 6.95. The van der Waals surface area contributed by atoms with Gasteiger partial charge in [0.15, 0.2) is 0 Å². The van der Waals surface area contributed by atoms with Crippen LogP contribution in [0.25, 0.3) is 11.1 Å². The second kappa shape index (κ2) is 11.9. The van der Waals surface area contributed by atoms with E-state index in [0.717, 1.165) is 22.3 Å². The lowest BCUT2D eigenvalue weighted by atomic mass is 9.94. The Kier molecular flexibility index (Phi) is 9.78. The smallest absolute Gasteiger partial charge is 0.120 e. The van der Waals surface area contributed by atoms with Crippen molar-refractivity contribution in [2.24, 2.45) is 0 Å². The van der Waals surface area contributed by atoms with Crippen LogP contribution in [0.1, 0.15) is 91.5 Å². The van der Waals surface area contributed by atoms with Gasteiger partial charge in [0.2, 0.25) is 0 Å². The van der Waals surface area contributed by atoms with Gasteiger partial charge in [0.25, 0.3) is 0 Å². The summed E-state index contributed by atoms with van der Waals surface area (Å²) in [6.45, 7) is 23.2. The monoisotopic (exact) mass is 466 g/mol. The zero-order valence-corrected chi connectivity index (χ0v) is 23.0. The third kappa shape index (κ3) is 6.86. The molecule has 0 fully saturated rings. The Morgan fingerprint density at radius 3 is 1.15 bits per heavy atom. The van der Waals surface area contributed by atoms with E-state index in [1.165, 1.54) is 11.1 Å². The summed E-state index contributed by atoms with van der Waals surface area (Å²) in [4.78, 5) is 4.76. The first-order valence-electron chi connectivity index (χ1n) is 12.7. The van der Waals surface area contributed by atoms with E-state index in [-0.39, 0.29) is 0 Å². The highest BCUT2D eigenvalue weighted by Crippen LogP contribution is 2.32. The van der Waals surface area contributed by atoms with Crippen LogP contribution >= 0.6 is 0 Å². The van der Waals surface area contributed by atoms with Crippen molar-refractivity contribution in [3.8, 4) is 11.5 Å². The second-order valence-electron chi connectivity index (χ2n) is 10.7. The Morgan fingerprint density at radius 2 is 0.882 bits per heavy atom. The number of hydrogen-bond acceptors (Lipinski definition) is 4. The molecule has 34 heavy (non-hydrogen) atoms. The quantitative estimate of drug-likeness (QED) is 0.361. The van der Waals surface area contributed by atoms with Crippen LogP contribution < -0.4 is 0 Å². The molecule has 4 heteroatoms. The number of benzene rings is 2. The summed E-state index contributed by atoms with van der Waals surface area (Å²) in [6.07, 6.45) is 0. The minimum Gasteiger partial charge on any atom is -0.508 e. The summed E-state index contributed by atoms with van der Waals surface area (Å²) in [5.41, 5.74) is 6.45. The fourth-order valence-electron chi connectivity index (χ4n) is 4.64. The van der Waals surface area contributed by atoms with E-state index in [2.05, 4.69) is 91.2 Å². The molecule has 0 aliphatic heterocycles. The van der Waals surface area contributed by atoms with Crippen molar-refractivity contribution in [1.82, 2.24) is 9.80 Å². The SMILES string of the molecule is C/C(=C(/C)c1ccc(O)c(CN(C(C)C)C(C)C)c1)c1ccc(O)c(CN(C(C)C)C(C)C)c1. The molecule has 0 unspecified atom stereocenters. The normalized spacial score (nSPS) is 13.2. The zero-order valence-electron chi connectivity index (χ0n) is 23.0. The fourth-order valence-corrected chi connectivity index (χ4v) is 4.64. The Labute approximate surface area is 207 Å². The van der Waals surface area contributed by atoms with Crippen molar-refractivity contribution in [1.29, 1.82) is 0 Å². The molecule has 0 aromatic heterocycles. The predicted octanol–water partition coefficient (Wildman–Crippen LogP) is 7.29. The molecular weight excluding hydrogens is 420 g/mol. The van der Waals surface area contributed by atoms with E-state index in [9.17, 15) is 10.2 Å². The number of hydrogen-bond donors (Lipinski definition) is 2. The molecule has 0 aliphatic rings. The summed E-state index contributed by atoms with van der Waals surface area (Å²) in [5, 5.41) is 21.1. The average molecular weight is 467 g/mol. The first kappa shape index (κ1) is 27.9. The third-order valence-corrected chi connectivity index (χ3v) is 6.95. The van der Waals surface area contributed by atoms with Gasteiger partial charge in [-0.05, 0) is 116 Å². The molecule has 0 saturated carbocycles. The topological polar surface area (TPSA) is 46.9 Å². The van der Waals surface area contributed by atoms with Gasteiger partial charge >= 0.3 is 0 Å². The van der Waals surface area contributed by atoms with Crippen LogP contribution in [-0.4, -0.2) is 44.2 Å². The van der Waals surface area contributed by atoms with Crippen LogP contribution in [0.15, 0.2) is 36.4 Å². The van der Waals surface area contributed by atoms with Crippen molar-refractivity contribution < 1.29 is 10.2 Å². The van der Waals surface area contributed by atoms with Gasteiger partial charge in [-0.25, -0.2) is 0 Å². The van der Waals surface area contributed by atoms with Gasteiger partial charge in [-0.1, -0.05) is 12.1 Å². The lowest BCUT2D eigenvalue weighted by Crippen LogP contribution is -2.36. The standard InChI is InChI=1S/C30H46N2O2/c1-19(2)31(20(3)4)17-27-15-25(11-13-29(27)33)23(9)24(10)26-12-14-30(34)28(16-26)18-32(21(5)6)22(7)8/h11-16,19-22,33-34H,17-18H2,1-10H3/b24-23+.